The predicted molar refractivity (Wildman–Crippen MR) is 73.2 cm³/mol. The SMILES string of the molecule is NS(=O)(=O)CCCNC(=O)NCCn1cnc(C(=O)O)c1. The van der Waals surface area contributed by atoms with Crippen molar-refractivity contribution in [1.29, 1.82) is 0 Å². The molecule has 0 aliphatic carbocycles. The van der Waals surface area contributed by atoms with Crippen LogP contribution in [-0.2, 0) is 16.6 Å². The molecule has 1 heterocycles. The van der Waals surface area contributed by atoms with Crippen molar-refractivity contribution in [2.45, 2.75) is 13.0 Å². The molecule has 1 aromatic heterocycles. The lowest BCUT2D eigenvalue weighted by Gasteiger charge is -2.07. The van der Waals surface area contributed by atoms with Crippen molar-refractivity contribution in [3.05, 3.63) is 18.2 Å². The molecule has 0 fully saturated rings. The topological polar surface area (TPSA) is 156 Å². The monoisotopic (exact) mass is 319 g/mol. The summed E-state index contributed by atoms with van der Waals surface area (Å²) in [6, 6.07) is -0.442. The minimum Gasteiger partial charge on any atom is -0.476 e. The van der Waals surface area contributed by atoms with Gasteiger partial charge in [-0.25, -0.2) is 28.1 Å². The van der Waals surface area contributed by atoms with Crippen LogP contribution in [0.4, 0.5) is 4.79 Å². The molecule has 11 heteroatoms. The first-order valence-electron chi connectivity index (χ1n) is 6.05. The van der Waals surface area contributed by atoms with Crippen molar-refractivity contribution >= 4 is 22.0 Å². The average molecular weight is 319 g/mol. The zero-order chi connectivity index (χ0) is 15.9. The molecule has 10 nitrogen and oxygen atoms in total. The third-order valence-electron chi connectivity index (χ3n) is 2.40. The minimum absolute atomic E-state index is 0.0672. The Morgan fingerprint density at radius 1 is 1.33 bits per heavy atom. The quantitative estimate of drug-likeness (QED) is 0.430. The van der Waals surface area contributed by atoms with E-state index in [-0.39, 0.29) is 31.0 Å². The molecular formula is C10H17N5O5S. The summed E-state index contributed by atoms with van der Waals surface area (Å²) in [7, 11) is -3.51. The number of sulfonamides is 1. The maximum absolute atomic E-state index is 11.3. The molecule has 0 aliphatic heterocycles. The molecule has 5 N–H and O–H groups in total. The fraction of sp³-hybridized carbons (Fsp3) is 0.500. The molecule has 0 unspecified atom stereocenters. The maximum Gasteiger partial charge on any atom is 0.356 e. The first kappa shape index (κ1) is 16.9. The molecule has 0 aromatic carbocycles. The van der Waals surface area contributed by atoms with E-state index in [1.807, 2.05) is 0 Å². The van der Waals surface area contributed by atoms with Crippen LogP contribution in [0.25, 0.3) is 0 Å². The van der Waals surface area contributed by atoms with E-state index in [4.69, 9.17) is 10.2 Å². The van der Waals surface area contributed by atoms with Gasteiger partial charge >= 0.3 is 12.0 Å². The summed E-state index contributed by atoms with van der Waals surface area (Å²) in [5, 5.41) is 18.5. The van der Waals surface area contributed by atoms with E-state index in [1.165, 1.54) is 17.1 Å². The first-order valence-corrected chi connectivity index (χ1v) is 7.77. The van der Waals surface area contributed by atoms with Crippen molar-refractivity contribution in [3.8, 4) is 0 Å². The molecule has 0 atom stereocenters. The first-order chi connectivity index (χ1) is 9.78. The average Bonchev–Trinajstić information content (AvgIpc) is 2.82. The lowest BCUT2D eigenvalue weighted by atomic mass is 10.5. The van der Waals surface area contributed by atoms with Crippen LogP contribution < -0.4 is 15.8 Å². The highest BCUT2D eigenvalue weighted by Gasteiger charge is 2.07. The lowest BCUT2D eigenvalue weighted by Crippen LogP contribution is -2.38. The van der Waals surface area contributed by atoms with Crippen molar-refractivity contribution in [2.24, 2.45) is 5.14 Å². The number of hydrogen-bond donors (Lipinski definition) is 4. The number of carbonyl (C=O) groups is 2. The Labute approximate surface area is 121 Å². The Kier molecular flexibility index (Phi) is 6.11. The van der Waals surface area contributed by atoms with E-state index >= 15 is 0 Å². The highest BCUT2D eigenvalue weighted by Crippen LogP contribution is 1.95. The Balaban J connectivity index is 2.17. The number of hydrogen-bond acceptors (Lipinski definition) is 5. The smallest absolute Gasteiger partial charge is 0.356 e. The number of rotatable bonds is 8. The largest absolute Gasteiger partial charge is 0.476 e. The molecule has 21 heavy (non-hydrogen) atoms. The highest BCUT2D eigenvalue weighted by molar-refractivity contribution is 7.89. The third kappa shape index (κ3) is 7.27. The molecule has 1 rings (SSSR count). The van der Waals surface area contributed by atoms with Crippen LogP contribution in [0, 0.1) is 0 Å². The van der Waals surface area contributed by atoms with E-state index in [2.05, 4.69) is 15.6 Å². The number of primary sulfonamides is 1. The zero-order valence-electron chi connectivity index (χ0n) is 11.2. The van der Waals surface area contributed by atoms with Gasteiger partial charge in [0.05, 0.1) is 12.1 Å². The summed E-state index contributed by atoms with van der Waals surface area (Å²) in [5.74, 6) is -1.31. The molecule has 0 saturated heterocycles. The Hall–Kier alpha value is -2.14. The van der Waals surface area contributed by atoms with Crippen LogP contribution in [0.15, 0.2) is 12.5 Å². The number of nitrogens with zero attached hydrogens (tertiary/aromatic N) is 2. The number of imidazole rings is 1. The van der Waals surface area contributed by atoms with Gasteiger partial charge in [-0.2, -0.15) is 0 Å². The van der Waals surface area contributed by atoms with Gasteiger partial charge < -0.3 is 20.3 Å². The van der Waals surface area contributed by atoms with Crippen molar-refractivity contribution in [3.63, 3.8) is 0 Å². The van der Waals surface area contributed by atoms with E-state index < -0.39 is 22.0 Å². The number of urea groups is 1. The second-order valence-corrected chi connectivity index (χ2v) is 5.94. The summed E-state index contributed by atoms with van der Waals surface area (Å²) in [6.45, 7) is 0.831. The van der Waals surface area contributed by atoms with Crippen molar-refractivity contribution < 1.29 is 23.1 Å². The van der Waals surface area contributed by atoms with Crippen LogP contribution in [0.3, 0.4) is 0 Å². The van der Waals surface area contributed by atoms with Gasteiger partial charge in [0.15, 0.2) is 5.69 Å². The summed E-state index contributed by atoms with van der Waals surface area (Å²) in [6.07, 6.45) is 2.94. The predicted octanol–water partition coefficient (Wildman–Crippen LogP) is -1.44. The van der Waals surface area contributed by atoms with Gasteiger partial charge in [0.1, 0.15) is 0 Å². The molecule has 1 aromatic rings. The summed E-state index contributed by atoms with van der Waals surface area (Å²) < 4.78 is 22.8. The normalized spacial score (nSPS) is 11.1. The Morgan fingerprint density at radius 2 is 2.00 bits per heavy atom. The third-order valence-corrected chi connectivity index (χ3v) is 3.26. The number of carbonyl (C=O) groups excluding carboxylic acids is 1. The lowest BCUT2D eigenvalue weighted by molar-refractivity contribution is 0.0691. The van der Waals surface area contributed by atoms with Crippen LogP contribution >= 0.6 is 0 Å². The van der Waals surface area contributed by atoms with E-state index in [9.17, 15) is 18.0 Å². The number of nitrogens with one attached hydrogen (secondary N) is 2. The molecule has 118 valence electrons. The summed E-state index contributed by atoms with van der Waals surface area (Å²) >= 11 is 0. The Morgan fingerprint density at radius 3 is 2.57 bits per heavy atom. The molecule has 0 saturated carbocycles. The number of aromatic carboxylic acids is 1. The number of carboxylic acids is 1. The van der Waals surface area contributed by atoms with Crippen LogP contribution in [0.5, 0.6) is 0 Å². The molecule has 0 aliphatic rings. The maximum atomic E-state index is 11.3. The van der Waals surface area contributed by atoms with Crippen LogP contribution in [0.1, 0.15) is 16.9 Å². The molecule has 0 bridgehead atoms. The minimum atomic E-state index is -3.51. The molecule has 2 amide bonds. The number of aromatic nitrogens is 2. The second-order valence-electron chi connectivity index (χ2n) is 4.21. The van der Waals surface area contributed by atoms with Gasteiger partial charge in [-0.1, -0.05) is 0 Å². The standard InChI is InChI=1S/C10H17N5O5S/c11-21(19,20)5-1-2-12-10(18)13-3-4-15-6-8(9(16)17)14-7-15/h6-7H,1-5H2,(H,16,17)(H2,11,19,20)(H2,12,13,18). The van der Waals surface area contributed by atoms with Crippen LogP contribution in [-0.4, -0.2) is 53.9 Å². The fourth-order valence-corrected chi connectivity index (χ4v) is 1.98. The molecule has 0 spiro atoms. The van der Waals surface area contributed by atoms with Gasteiger partial charge in [0.2, 0.25) is 10.0 Å². The van der Waals surface area contributed by atoms with E-state index in [0.717, 1.165) is 0 Å². The van der Waals surface area contributed by atoms with Gasteiger partial charge in [-0.3, -0.25) is 0 Å². The summed E-state index contributed by atoms with van der Waals surface area (Å²) in [5.41, 5.74) is -0.0672. The fourth-order valence-electron chi connectivity index (χ4n) is 1.43. The Bertz CT molecular complexity index is 597. The van der Waals surface area contributed by atoms with Gasteiger partial charge in [-0.05, 0) is 6.42 Å². The summed E-state index contributed by atoms with van der Waals surface area (Å²) in [4.78, 5) is 25.6. The second kappa shape index (κ2) is 7.59. The van der Waals surface area contributed by atoms with Crippen molar-refractivity contribution in [1.82, 2.24) is 20.2 Å². The number of amides is 2. The number of carboxylic acid groups (broad SMARTS) is 1. The van der Waals surface area contributed by atoms with Gasteiger partial charge in [-0.15, -0.1) is 0 Å². The van der Waals surface area contributed by atoms with Gasteiger partial charge in [0, 0.05) is 25.8 Å². The number of nitrogens with two attached hydrogens (primary N) is 1. The molecular weight excluding hydrogens is 302 g/mol. The highest BCUT2D eigenvalue weighted by atomic mass is 32.2. The van der Waals surface area contributed by atoms with E-state index in [0.29, 0.717) is 6.54 Å². The van der Waals surface area contributed by atoms with Crippen LogP contribution in [0.2, 0.25) is 0 Å². The van der Waals surface area contributed by atoms with Crippen molar-refractivity contribution in [2.75, 3.05) is 18.8 Å². The van der Waals surface area contributed by atoms with Gasteiger partial charge in [0.25, 0.3) is 0 Å². The molecule has 0 radical (unpaired) electrons. The van der Waals surface area contributed by atoms with E-state index in [1.54, 1.807) is 0 Å². The zero-order valence-corrected chi connectivity index (χ0v) is 12.0.